The quantitative estimate of drug-likeness (QED) is 0.794. The van der Waals surface area contributed by atoms with Crippen LogP contribution in [0.4, 0.5) is 4.39 Å². The van der Waals surface area contributed by atoms with E-state index < -0.39 is 0 Å². The van der Waals surface area contributed by atoms with Crippen LogP contribution >= 0.6 is 0 Å². The molecule has 0 aromatic heterocycles. The van der Waals surface area contributed by atoms with Gasteiger partial charge >= 0.3 is 0 Å². The fourth-order valence-electron chi connectivity index (χ4n) is 4.18. The van der Waals surface area contributed by atoms with Gasteiger partial charge in [0.05, 0.1) is 6.04 Å². The van der Waals surface area contributed by atoms with Crippen LogP contribution in [-0.2, 0) is 11.2 Å². The van der Waals surface area contributed by atoms with Crippen LogP contribution in [0.5, 0.6) is 11.5 Å². The van der Waals surface area contributed by atoms with E-state index in [0.29, 0.717) is 32.0 Å². The molecule has 0 radical (unpaired) electrons. The second-order valence-corrected chi connectivity index (χ2v) is 7.62. The molecule has 1 N–H and O–H groups in total. The largest absolute Gasteiger partial charge is 0.486 e. The van der Waals surface area contributed by atoms with Crippen molar-refractivity contribution in [1.82, 2.24) is 5.32 Å². The molecule has 1 aliphatic heterocycles. The molecule has 0 spiro atoms. The van der Waals surface area contributed by atoms with Crippen molar-refractivity contribution in [2.45, 2.75) is 44.6 Å². The zero-order chi connectivity index (χ0) is 19.3. The molecular formula is C23H26FNO3. The van der Waals surface area contributed by atoms with Gasteiger partial charge in [0, 0.05) is 6.42 Å². The van der Waals surface area contributed by atoms with E-state index in [0.717, 1.165) is 35.5 Å². The number of hydrogen-bond acceptors (Lipinski definition) is 3. The molecule has 1 heterocycles. The minimum Gasteiger partial charge on any atom is -0.486 e. The minimum absolute atomic E-state index is 0.0242. The molecule has 0 bridgehead atoms. The summed E-state index contributed by atoms with van der Waals surface area (Å²) in [6.07, 6.45) is 5.63. The Kier molecular flexibility index (Phi) is 5.79. The second kappa shape index (κ2) is 8.63. The third-order valence-electron chi connectivity index (χ3n) is 5.66. The molecule has 5 heteroatoms. The summed E-state index contributed by atoms with van der Waals surface area (Å²) in [7, 11) is 0. The molecule has 1 unspecified atom stereocenters. The van der Waals surface area contributed by atoms with Gasteiger partial charge in [0.2, 0.25) is 5.91 Å². The lowest BCUT2D eigenvalue weighted by molar-refractivity contribution is -0.122. The van der Waals surface area contributed by atoms with Crippen LogP contribution in [0.15, 0.2) is 42.5 Å². The normalized spacial score (nSPS) is 17.3. The molecule has 4 nitrogen and oxygen atoms in total. The Labute approximate surface area is 165 Å². The maximum Gasteiger partial charge on any atom is 0.220 e. The van der Waals surface area contributed by atoms with Crippen molar-refractivity contribution in [3.63, 3.8) is 0 Å². The van der Waals surface area contributed by atoms with Crippen molar-refractivity contribution in [3.8, 4) is 11.5 Å². The average molecular weight is 383 g/mol. The SMILES string of the molecule is O=C(CCc1ccc2c(c1)OCCO2)NC(c1ccc(F)cc1)C1CCCC1. The first-order valence-electron chi connectivity index (χ1n) is 10.1. The number of fused-ring (bicyclic) bond motifs is 1. The highest BCUT2D eigenvalue weighted by molar-refractivity contribution is 5.76. The van der Waals surface area contributed by atoms with Crippen LogP contribution in [0, 0.1) is 11.7 Å². The zero-order valence-corrected chi connectivity index (χ0v) is 16.0. The topological polar surface area (TPSA) is 47.6 Å². The van der Waals surface area contributed by atoms with Gasteiger partial charge in [-0.05, 0) is 60.6 Å². The van der Waals surface area contributed by atoms with Gasteiger partial charge in [0.1, 0.15) is 19.0 Å². The van der Waals surface area contributed by atoms with Gasteiger partial charge in [0.15, 0.2) is 11.5 Å². The molecule has 2 aromatic carbocycles. The maximum absolute atomic E-state index is 13.3. The van der Waals surface area contributed by atoms with Gasteiger partial charge in [-0.15, -0.1) is 0 Å². The number of carbonyl (C=O) groups is 1. The van der Waals surface area contributed by atoms with E-state index in [4.69, 9.17) is 9.47 Å². The Balaban J connectivity index is 1.39. The number of carbonyl (C=O) groups excluding carboxylic acids is 1. The first kappa shape index (κ1) is 18.8. The fraction of sp³-hybridized carbons (Fsp3) is 0.435. The van der Waals surface area contributed by atoms with E-state index in [-0.39, 0.29) is 17.8 Å². The van der Waals surface area contributed by atoms with Gasteiger partial charge in [-0.25, -0.2) is 4.39 Å². The molecule has 1 atom stereocenters. The summed E-state index contributed by atoms with van der Waals surface area (Å²) in [4.78, 5) is 12.7. The standard InChI is InChI=1S/C23H26FNO3/c24-19-9-7-18(8-10-19)23(17-3-1-2-4-17)25-22(26)12-6-16-5-11-20-21(15-16)28-14-13-27-20/h5,7-11,15,17,23H,1-4,6,12-14H2,(H,25,26). The summed E-state index contributed by atoms with van der Waals surface area (Å²) >= 11 is 0. The summed E-state index contributed by atoms with van der Waals surface area (Å²) in [5, 5.41) is 3.21. The van der Waals surface area contributed by atoms with Crippen LogP contribution in [0.3, 0.4) is 0 Å². The molecule has 148 valence electrons. The van der Waals surface area contributed by atoms with Crippen LogP contribution in [-0.4, -0.2) is 19.1 Å². The van der Waals surface area contributed by atoms with E-state index in [9.17, 15) is 9.18 Å². The van der Waals surface area contributed by atoms with E-state index in [1.165, 1.54) is 25.0 Å². The molecule has 2 aliphatic rings. The van der Waals surface area contributed by atoms with E-state index in [1.807, 2.05) is 18.2 Å². The molecular weight excluding hydrogens is 357 g/mol. The van der Waals surface area contributed by atoms with Crippen molar-refractivity contribution in [2.24, 2.45) is 5.92 Å². The molecule has 1 amide bonds. The predicted octanol–water partition coefficient (Wildman–Crippen LogP) is 4.58. The van der Waals surface area contributed by atoms with Crippen molar-refractivity contribution in [2.75, 3.05) is 13.2 Å². The Morgan fingerprint density at radius 3 is 2.50 bits per heavy atom. The highest BCUT2D eigenvalue weighted by atomic mass is 19.1. The molecule has 28 heavy (non-hydrogen) atoms. The lowest BCUT2D eigenvalue weighted by Gasteiger charge is -2.25. The number of amides is 1. The second-order valence-electron chi connectivity index (χ2n) is 7.62. The van der Waals surface area contributed by atoms with E-state index in [2.05, 4.69) is 5.32 Å². The number of ether oxygens (including phenoxy) is 2. The summed E-state index contributed by atoms with van der Waals surface area (Å²) in [6, 6.07) is 12.3. The van der Waals surface area contributed by atoms with E-state index in [1.54, 1.807) is 12.1 Å². The molecule has 1 fully saturated rings. The van der Waals surface area contributed by atoms with Gasteiger partial charge in [-0.2, -0.15) is 0 Å². The van der Waals surface area contributed by atoms with Crippen LogP contribution in [0.1, 0.15) is 49.3 Å². The fourth-order valence-corrected chi connectivity index (χ4v) is 4.18. The summed E-state index contributed by atoms with van der Waals surface area (Å²) in [6.45, 7) is 1.12. The molecule has 2 aromatic rings. The smallest absolute Gasteiger partial charge is 0.220 e. The zero-order valence-electron chi connectivity index (χ0n) is 16.0. The Morgan fingerprint density at radius 2 is 1.75 bits per heavy atom. The van der Waals surface area contributed by atoms with Crippen molar-refractivity contribution < 1.29 is 18.7 Å². The number of nitrogens with one attached hydrogen (secondary N) is 1. The summed E-state index contributed by atoms with van der Waals surface area (Å²) < 4.78 is 24.5. The molecule has 1 saturated carbocycles. The number of hydrogen-bond donors (Lipinski definition) is 1. The average Bonchev–Trinajstić information content (AvgIpc) is 3.26. The first-order chi connectivity index (χ1) is 13.7. The lowest BCUT2D eigenvalue weighted by Crippen LogP contribution is -2.32. The van der Waals surface area contributed by atoms with Crippen molar-refractivity contribution in [3.05, 3.63) is 59.4 Å². The highest BCUT2D eigenvalue weighted by Crippen LogP contribution is 2.36. The van der Waals surface area contributed by atoms with Crippen LogP contribution in [0.2, 0.25) is 0 Å². The van der Waals surface area contributed by atoms with Crippen LogP contribution < -0.4 is 14.8 Å². The van der Waals surface area contributed by atoms with Gasteiger partial charge in [0.25, 0.3) is 0 Å². The van der Waals surface area contributed by atoms with Crippen LogP contribution in [0.25, 0.3) is 0 Å². The van der Waals surface area contributed by atoms with Gasteiger partial charge < -0.3 is 14.8 Å². The van der Waals surface area contributed by atoms with Gasteiger partial charge in [-0.3, -0.25) is 4.79 Å². The third-order valence-corrected chi connectivity index (χ3v) is 5.66. The molecule has 4 rings (SSSR count). The Bertz CT molecular complexity index is 815. The molecule has 0 saturated heterocycles. The van der Waals surface area contributed by atoms with E-state index >= 15 is 0 Å². The third kappa shape index (κ3) is 4.46. The highest BCUT2D eigenvalue weighted by Gasteiger charge is 2.27. The maximum atomic E-state index is 13.3. The molecule has 1 aliphatic carbocycles. The summed E-state index contributed by atoms with van der Waals surface area (Å²) in [5.41, 5.74) is 2.04. The first-order valence-corrected chi connectivity index (χ1v) is 10.1. The lowest BCUT2D eigenvalue weighted by atomic mass is 9.91. The van der Waals surface area contributed by atoms with Crippen molar-refractivity contribution >= 4 is 5.91 Å². The Morgan fingerprint density at radius 1 is 1.04 bits per heavy atom. The monoisotopic (exact) mass is 383 g/mol. The number of rotatable bonds is 6. The number of benzene rings is 2. The van der Waals surface area contributed by atoms with Crippen molar-refractivity contribution in [1.29, 1.82) is 0 Å². The van der Waals surface area contributed by atoms with Gasteiger partial charge in [-0.1, -0.05) is 31.0 Å². The summed E-state index contributed by atoms with van der Waals surface area (Å²) in [5.74, 6) is 1.70. The minimum atomic E-state index is -0.251. The Hall–Kier alpha value is -2.56. The number of halogens is 1. The predicted molar refractivity (Wildman–Crippen MR) is 105 cm³/mol. The number of aryl methyl sites for hydroxylation is 1.